The Kier molecular flexibility index (Phi) is 6.31. The second-order valence-electron chi connectivity index (χ2n) is 7.60. The lowest BCUT2D eigenvalue weighted by atomic mass is 10.0. The number of esters is 2. The highest BCUT2D eigenvalue weighted by molar-refractivity contribution is 7.21. The van der Waals surface area contributed by atoms with Gasteiger partial charge >= 0.3 is 11.9 Å². The van der Waals surface area contributed by atoms with Crippen LogP contribution in [0, 0.1) is 0 Å². The van der Waals surface area contributed by atoms with E-state index in [2.05, 4.69) is 4.99 Å². The molecule has 0 saturated carbocycles. The quantitative estimate of drug-likeness (QED) is 0.143. The number of nitrogens with zero attached hydrogens (tertiary/aromatic N) is 1. The second-order valence-corrected chi connectivity index (χ2v) is 9.03. The molecule has 0 N–H and O–H groups in total. The number of halogens is 1. The van der Waals surface area contributed by atoms with Crippen LogP contribution in [-0.4, -0.2) is 25.3 Å². The standard InChI is InChI=1S/C28H18ClNO4S/c1-33-27(31)19-10-4-6-12-22(19)30-16-21-18-9-3-2-8-17(18)14-15-23(21)34-28(32)26-25(29)20-11-5-7-13-24(20)35-26/h2-16H,1H3. The van der Waals surface area contributed by atoms with Gasteiger partial charge in [0.25, 0.3) is 0 Å². The molecule has 0 aliphatic rings. The first kappa shape index (κ1) is 22.8. The van der Waals surface area contributed by atoms with Gasteiger partial charge in [-0.15, -0.1) is 11.3 Å². The van der Waals surface area contributed by atoms with E-state index in [9.17, 15) is 9.59 Å². The molecule has 172 valence electrons. The molecule has 0 aliphatic heterocycles. The number of hydrogen-bond acceptors (Lipinski definition) is 6. The molecule has 0 unspecified atom stereocenters. The van der Waals surface area contributed by atoms with Crippen molar-refractivity contribution in [2.24, 2.45) is 4.99 Å². The number of thiophene rings is 1. The van der Waals surface area contributed by atoms with Crippen LogP contribution < -0.4 is 4.74 Å². The molecule has 0 spiro atoms. The van der Waals surface area contributed by atoms with Crippen molar-refractivity contribution < 1.29 is 19.1 Å². The number of hydrogen-bond donors (Lipinski definition) is 0. The minimum absolute atomic E-state index is 0.333. The SMILES string of the molecule is COC(=O)c1ccccc1N=Cc1c(OC(=O)c2sc3ccccc3c2Cl)ccc2ccccc12. The zero-order valence-electron chi connectivity index (χ0n) is 18.5. The van der Waals surface area contributed by atoms with E-state index in [0.717, 1.165) is 20.9 Å². The van der Waals surface area contributed by atoms with Gasteiger partial charge in [-0.05, 0) is 35.0 Å². The predicted molar refractivity (Wildman–Crippen MR) is 141 cm³/mol. The smallest absolute Gasteiger partial charge is 0.355 e. The van der Waals surface area contributed by atoms with Gasteiger partial charge in [0.15, 0.2) is 0 Å². The van der Waals surface area contributed by atoms with Crippen molar-refractivity contribution in [3.05, 3.63) is 106 Å². The molecule has 0 amide bonds. The minimum atomic E-state index is -0.545. The molecule has 0 aliphatic carbocycles. The summed E-state index contributed by atoms with van der Waals surface area (Å²) < 4.78 is 11.6. The molecule has 0 bridgehead atoms. The Morgan fingerprint density at radius 2 is 1.57 bits per heavy atom. The van der Waals surface area contributed by atoms with Crippen LogP contribution >= 0.6 is 22.9 Å². The lowest BCUT2D eigenvalue weighted by Crippen LogP contribution is -2.09. The molecule has 5 nitrogen and oxygen atoms in total. The van der Waals surface area contributed by atoms with Crippen molar-refractivity contribution in [2.45, 2.75) is 0 Å². The Balaban J connectivity index is 1.57. The van der Waals surface area contributed by atoms with Gasteiger partial charge < -0.3 is 9.47 Å². The van der Waals surface area contributed by atoms with E-state index >= 15 is 0 Å². The Bertz CT molecular complexity index is 1620. The molecule has 4 aromatic carbocycles. The number of aliphatic imine (C=N–C) groups is 1. The summed E-state index contributed by atoms with van der Waals surface area (Å²) in [6.45, 7) is 0. The summed E-state index contributed by atoms with van der Waals surface area (Å²) in [4.78, 5) is 30.2. The zero-order chi connectivity index (χ0) is 24.4. The largest absolute Gasteiger partial charge is 0.465 e. The summed E-state index contributed by atoms with van der Waals surface area (Å²) in [7, 11) is 1.32. The third-order valence-electron chi connectivity index (χ3n) is 5.50. The maximum atomic E-state index is 13.1. The summed E-state index contributed by atoms with van der Waals surface area (Å²) in [6, 6.07) is 25.8. The Labute approximate surface area is 210 Å². The molecule has 1 heterocycles. The molecule has 1 aromatic heterocycles. The fourth-order valence-corrected chi connectivity index (χ4v) is 5.18. The summed E-state index contributed by atoms with van der Waals surface area (Å²) >= 11 is 7.78. The minimum Gasteiger partial charge on any atom is -0.465 e. The van der Waals surface area contributed by atoms with Gasteiger partial charge in [0.1, 0.15) is 10.6 Å². The van der Waals surface area contributed by atoms with Gasteiger partial charge in [0.2, 0.25) is 0 Å². The molecule has 0 saturated heterocycles. The fourth-order valence-electron chi connectivity index (χ4n) is 3.79. The highest BCUT2D eigenvalue weighted by atomic mass is 35.5. The van der Waals surface area contributed by atoms with Crippen molar-refractivity contribution in [2.75, 3.05) is 7.11 Å². The van der Waals surface area contributed by atoms with Crippen LogP contribution in [0.3, 0.4) is 0 Å². The van der Waals surface area contributed by atoms with Crippen molar-refractivity contribution in [1.82, 2.24) is 0 Å². The van der Waals surface area contributed by atoms with Crippen molar-refractivity contribution in [3.63, 3.8) is 0 Å². The molecule has 5 rings (SSSR count). The van der Waals surface area contributed by atoms with E-state index < -0.39 is 11.9 Å². The average Bonchev–Trinajstić information content (AvgIpc) is 3.24. The fraction of sp³-hybridized carbons (Fsp3) is 0.0357. The maximum absolute atomic E-state index is 13.1. The molecular weight excluding hydrogens is 482 g/mol. The van der Waals surface area contributed by atoms with Crippen LogP contribution in [0.4, 0.5) is 5.69 Å². The highest BCUT2D eigenvalue weighted by Gasteiger charge is 2.20. The summed E-state index contributed by atoms with van der Waals surface area (Å²) in [6.07, 6.45) is 1.60. The van der Waals surface area contributed by atoms with E-state index in [4.69, 9.17) is 21.1 Å². The van der Waals surface area contributed by atoms with Crippen LogP contribution in [0.15, 0.2) is 89.9 Å². The molecular formula is C28H18ClNO4S. The number of carbonyl (C=O) groups is 2. The second kappa shape index (κ2) is 9.70. The lowest BCUT2D eigenvalue weighted by molar-refractivity contribution is 0.0601. The van der Waals surface area contributed by atoms with Crippen LogP contribution in [0.5, 0.6) is 5.75 Å². The molecule has 5 aromatic rings. The number of rotatable bonds is 5. The average molecular weight is 500 g/mol. The lowest BCUT2D eigenvalue weighted by Gasteiger charge is -2.10. The molecule has 0 fully saturated rings. The van der Waals surface area contributed by atoms with Gasteiger partial charge in [0.05, 0.1) is 23.4 Å². The van der Waals surface area contributed by atoms with E-state index in [-0.39, 0.29) is 0 Å². The Hall–Kier alpha value is -4.00. The van der Waals surface area contributed by atoms with Crippen molar-refractivity contribution >= 4 is 67.6 Å². The number of benzene rings is 4. The predicted octanol–water partition coefficient (Wildman–Crippen LogP) is 7.46. The van der Waals surface area contributed by atoms with Crippen molar-refractivity contribution in [3.8, 4) is 5.75 Å². The Morgan fingerprint density at radius 1 is 0.857 bits per heavy atom. The molecule has 0 atom stereocenters. The third kappa shape index (κ3) is 4.41. The monoisotopic (exact) mass is 499 g/mol. The van der Waals surface area contributed by atoms with Gasteiger partial charge in [-0.1, -0.05) is 72.3 Å². The van der Waals surface area contributed by atoms with Gasteiger partial charge in [-0.3, -0.25) is 4.99 Å². The summed E-state index contributed by atoms with van der Waals surface area (Å²) in [5.74, 6) is -0.695. The highest BCUT2D eigenvalue weighted by Crippen LogP contribution is 2.36. The molecule has 35 heavy (non-hydrogen) atoms. The first-order valence-corrected chi connectivity index (χ1v) is 11.9. The first-order chi connectivity index (χ1) is 17.1. The van der Waals surface area contributed by atoms with E-state index in [0.29, 0.717) is 32.5 Å². The summed E-state index contributed by atoms with van der Waals surface area (Å²) in [5, 5.41) is 2.99. The van der Waals surface area contributed by atoms with Crippen LogP contribution in [0.1, 0.15) is 25.6 Å². The third-order valence-corrected chi connectivity index (χ3v) is 7.15. The van der Waals surface area contributed by atoms with Gasteiger partial charge in [-0.2, -0.15) is 0 Å². The topological polar surface area (TPSA) is 65.0 Å². The number of carbonyl (C=O) groups excluding carboxylic acids is 2. The first-order valence-electron chi connectivity index (χ1n) is 10.7. The van der Waals surface area contributed by atoms with E-state index in [1.807, 2.05) is 54.6 Å². The maximum Gasteiger partial charge on any atom is 0.355 e. The van der Waals surface area contributed by atoms with Crippen LogP contribution in [-0.2, 0) is 4.74 Å². The van der Waals surface area contributed by atoms with Crippen molar-refractivity contribution in [1.29, 1.82) is 0 Å². The van der Waals surface area contributed by atoms with Gasteiger partial charge in [0, 0.05) is 21.9 Å². The van der Waals surface area contributed by atoms with Gasteiger partial charge in [-0.25, -0.2) is 9.59 Å². The molecule has 7 heteroatoms. The summed E-state index contributed by atoms with van der Waals surface area (Å²) in [5.41, 5.74) is 1.38. The number of methoxy groups -OCH3 is 1. The Morgan fingerprint density at radius 3 is 2.37 bits per heavy atom. The number of para-hydroxylation sites is 1. The number of fused-ring (bicyclic) bond motifs is 2. The zero-order valence-corrected chi connectivity index (χ0v) is 20.1. The van der Waals surface area contributed by atoms with Crippen LogP contribution in [0.2, 0.25) is 5.02 Å². The van der Waals surface area contributed by atoms with Crippen LogP contribution in [0.25, 0.3) is 20.9 Å². The normalized spacial score (nSPS) is 11.3. The molecule has 0 radical (unpaired) electrons. The van der Waals surface area contributed by atoms with E-state index in [1.165, 1.54) is 18.4 Å². The van der Waals surface area contributed by atoms with E-state index in [1.54, 1.807) is 36.5 Å². The number of ether oxygens (including phenoxy) is 2.